The highest BCUT2D eigenvalue weighted by Crippen LogP contribution is 2.45. The summed E-state index contributed by atoms with van der Waals surface area (Å²) in [5, 5.41) is 12.5. The number of nitriles is 1. The second-order valence-corrected chi connectivity index (χ2v) is 9.04. The van der Waals surface area contributed by atoms with Gasteiger partial charge in [0.1, 0.15) is 11.7 Å². The van der Waals surface area contributed by atoms with Crippen molar-refractivity contribution in [1.29, 1.82) is 5.26 Å². The zero-order valence-electron chi connectivity index (χ0n) is 20.0. The maximum Gasteiger partial charge on any atom is 0.258 e. The fraction of sp³-hybridized carbons (Fsp3) is 0.500. The number of carbonyl (C=O) groups is 1. The number of fused-ring (bicyclic) bond motifs is 1. The molecular weight excluding hydrogens is 438 g/mol. The first-order chi connectivity index (χ1) is 16.3. The summed E-state index contributed by atoms with van der Waals surface area (Å²) >= 11 is 0. The molecule has 3 heterocycles. The lowest BCUT2D eigenvalue weighted by Gasteiger charge is -2.36. The molecule has 0 saturated carbocycles. The van der Waals surface area contributed by atoms with Crippen molar-refractivity contribution >= 4 is 17.7 Å². The molecule has 1 aromatic carbocycles. The van der Waals surface area contributed by atoms with Crippen LogP contribution in [0.25, 0.3) is 0 Å². The summed E-state index contributed by atoms with van der Waals surface area (Å²) in [6.45, 7) is 5.85. The fourth-order valence-corrected chi connectivity index (χ4v) is 5.13. The number of piperidine rings is 1. The van der Waals surface area contributed by atoms with Crippen molar-refractivity contribution in [2.45, 2.75) is 26.2 Å². The van der Waals surface area contributed by atoms with Gasteiger partial charge in [-0.2, -0.15) is 10.2 Å². The van der Waals surface area contributed by atoms with Crippen LogP contribution in [0.3, 0.4) is 0 Å². The molecule has 1 saturated heterocycles. The summed E-state index contributed by atoms with van der Waals surface area (Å²) < 4.78 is 16.3. The summed E-state index contributed by atoms with van der Waals surface area (Å²) in [5.41, 5.74) is 0.338. The number of benzene rings is 1. The lowest BCUT2D eigenvalue weighted by Crippen LogP contribution is -2.42. The third-order valence-corrected chi connectivity index (χ3v) is 6.46. The molecular formula is C24H29N5O5. The van der Waals surface area contributed by atoms with Gasteiger partial charge in [0.25, 0.3) is 5.56 Å². The van der Waals surface area contributed by atoms with Crippen molar-refractivity contribution in [3.63, 3.8) is 0 Å². The number of amides is 1. The Morgan fingerprint density at radius 3 is 2.21 bits per heavy atom. The van der Waals surface area contributed by atoms with Crippen LogP contribution in [0, 0.1) is 29.1 Å². The molecule has 2 aliphatic rings. The first-order valence-corrected chi connectivity index (χ1v) is 11.2. The third kappa shape index (κ3) is 4.02. The van der Waals surface area contributed by atoms with Crippen LogP contribution in [0.4, 0.5) is 11.8 Å². The number of hydrogen-bond acceptors (Lipinski definition) is 8. The van der Waals surface area contributed by atoms with Crippen LogP contribution in [-0.4, -0.2) is 50.3 Å². The summed E-state index contributed by atoms with van der Waals surface area (Å²) in [7, 11) is 4.44. The molecule has 1 aromatic heterocycles. The summed E-state index contributed by atoms with van der Waals surface area (Å²) in [5.74, 6) is 0.0602. The van der Waals surface area contributed by atoms with E-state index in [4.69, 9.17) is 14.2 Å². The largest absolute Gasteiger partial charge is 0.493 e. The molecule has 2 aliphatic heterocycles. The molecule has 34 heavy (non-hydrogen) atoms. The molecule has 10 nitrogen and oxygen atoms in total. The van der Waals surface area contributed by atoms with Gasteiger partial charge >= 0.3 is 0 Å². The lowest BCUT2D eigenvalue weighted by molar-refractivity contribution is -0.119. The van der Waals surface area contributed by atoms with Crippen LogP contribution in [0.5, 0.6) is 17.2 Å². The number of aromatic amines is 1. The molecule has 0 spiro atoms. The van der Waals surface area contributed by atoms with E-state index in [0.717, 1.165) is 19.5 Å². The molecule has 4 rings (SSSR count). The Labute approximate surface area is 197 Å². The van der Waals surface area contributed by atoms with E-state index in [-0.39, 0.29) is 11.4 Å². The summed E-state index contributed by atoms with van der Waals surface area (Å²) in [6.07, 6.45) is 1.11. The number of anilines is 2. The normalized spacial score (nSPS) is 24.0. The van der Waals surface area contributed by atoms with E-state index in [1.807, 2.05) is 11.0 Å². The van der Waals surface area contributed by atoms with E-state index in [2.05, 4.69) is 29.1 Å². The molecule has 2 N–H and O–H groups in total. The molecule has 1 amide bonds. The van der Waals surface area contributed by atoms with Gasteiger partial charge in [0.2, 0.25) is 17.6 Å². The van der Waals surface area contributed by atoms with Gasteiger partial charge in [-0.15, -0.1) is 0 Å². The van der Waals surface area contributed by atoms with E-state index < -0.39 is 23.3 Å². The molecule has 4 unspecified atom stereocenters. The Bertz CT molecular complexity index is 1170. The van der Waals surface area contributed by atoms with Gasteiger partial charge in [-0.05, 0) is 36.0 Å². The number of methoxy groups -OCH3 is 3. The van der Waals surface area contributed by atoms with Crippen molar-refractivity contribution in [2.75, 3.05) is 44.6 Å². The predicted molar refractivity (Wildman–Crippen MR) is 126 cm³/mol. The Morgan fingerprint density at radius 2 is 1.68 bits per heavy atom. The van der Waals surface area contributed by atoms with Gasteiger partial charge in [-0.25, -0.2) is 0 Å². The molecule has 0 bridgehead atoms. The quantitative estimate of drug-likeness (QED) is 0.686. The van der Waals surface area contributed by atoms with Crippen LogP contribution in [0.15, 0.2) is 16.9 Å². The van der Waals surface area contributed by atoms with E-state index in [0.29, 0.717) is 40.6 Å². The van der Waals surface area contributed by atoms with Crippen molar-refractivity contribution in [1.82, 2.24) is 9.97 Å². The van der Waals surface area contributed by atoms with Gasteiger partial charge in [-0.3, -0.25) is 14.6 Å². The zero-order chi connectivity index (χ0) is 24.6. The number of carbonyl (C=O) groups excluding carboxylic acids is 1. The average molecular weight is 468 g/mol. The molecule has 1 fully saturated rings. The van der Waals surface area contributed by atoms with Gasteiger partial charge in [0.15, 0.2) is 11.5 Å². The Hall–Kier alpha value is -3.74. The smallest absolute Gasteiger partial charge is 0.258 e. The summed E-state index contributed by atoms with van der Waals surface area (Å²) in [6, 6.07) is 5.35. The minimum absolute atomic E-state index is 0.167. The molecule has 0 radical (unpaired) electrons. The number of nitrogens with one attached hydrogen (secondary N) is 2. The monoisotopic (exact) mass is 467 g/mol. The first kappa shape index (κ1) is 23.4. The highest BCUT2D eigenvalue weighted by Gasteiger charge is 2.41. The maximum atomic E-state index is 13.4. The lowest BCUT2D eigenvalue weighted by atomic mass is 9.79. The Balaban J connectivity index is 1.87. The second-order valence-electron chi connectivity index (χ2n) is 9.04. The molecule has 2 aromatic rings. The Kier molecular flexibility index (Phi) is 6.37. The van der Waals surface area contributed by atoms with Crippen LogP contribution in [0.1, 0.15) is 37.3 Å². The molecule has 10 heteroatoms. The second kappa shape index (κ2) is 9.25. The minimum Gasteiger partial charge on any atom is -0.493 e. The SMILES string of the molecule is COc1cc(C2c3c(nc(N4CC(C)CC(C)C4)[nH]c3=O)NC(=O)C2C#N)cc(OC)c1OC. The number of ether oxygens (including phenoxy) is 3. The topological polar surface area (TPSA) is 130 Å². The zero-order valence-corrected chi connectivity index (χ0v) is 20.0. The van der Waals surface area contributed by atoms with Crippen molar-refractivity contribution in [3.8, 4) is 23.3 Å². The first-order valence-electron chi connectivity index (χ1n) is 11.2. The van der Waals surface area contributed by atoms with Gasteiger partial charge < -0.3 is 24.4 Å². The van der Waals surface area contributed by atoms with Gasteiger partial charge in [0, 0.05) is 19.0 Å². The number of hydrogen-bond donors (Lipinski definition) is 2. The number of nitrogens with zero attached hydrogens (tertiary/aromatic N) is 3. The number of aromatic nitrogens is 2. The highest BCUT2D eigenvalue weighted by molar-refractivity contribution is 5.98. The minimum atomic E-state index is -1.14. The van der Waals surface area contributed by atoms with Gasteiger partial charge in [-0.1, -0.05) is 13.8 Å². The van der Waals surface area contributed by atoms with Crippen molar-refractivity contribution in [2.24, 2.45) is 17.8 Å². The predicted octanol–water partition coefficient (Wildman–Crippen LogP) is 2.50. The van der Waals surface area contributed by atoms with Crippen LogP contribution in [0.2, 0.25) is 0 Å². The third-order valence-electron chi connectivity index (χ3n) is 6.46. The Morgan fingerprint density at radius 1 is 1.06 bits per heavy atom. The average Bonchev–Trinajstić information content (AvgIpc) is 2.81. The van der Waals surface area contributed by atoms with Crippen molar-refractivity contribution < 1.29 is 19.0 Å². The van der Waals surface area contributed by atoms with Crippen LogP contribution < -0.4 is 30.0 Å². The molecule has 4 atom stereocenters. The van der Waals surface area contributed by atoms with E-state index >= 15 is 0 Å². The van der Waals surface area contributed by atoms with E-state index in [1.165, 1.54) is 21.3 Å². The number of rotatable bonds is 5. The fourth-order valence-electron chi connectivity index (χ4n) is 5.13. The van der Waals surface area contributed by atoms with Crippen molar-refractivity contribution in [3.05, 3.63) is 33.6 Å². The summed E-state index contributed by atoms with van der Waals surface area (Å²) in [4.78, 5) is 35.9. The van der Waals surface area contributed by atoms with E-state index in [9.17, 15) is 14.9 Å². The standard InChI is InChI=1S/C24H29N5O5/c1-12-6-13(2)11-29(10-12)24-27-21-19(23(31)28-24)18(15(9-25)22(30)26-21)14-7-16(32-3)20(34-5)17(8-14)33-4/h7-8,12-13,15,18H,6,10-11H2,1-5H3,(H2,26,27,28,30,31). The van der Waals surface area contributed by atoms with Gasteiger partial charge in [0.05, 0.1) is 33.0 Å². The van der Waals surface area contributed by atoms with Crippen LogP contribution >= 0.6 is 0 Å². The molecule has 0 aliphatic carbocycles. The van der Waals surface area contributed by atoms with E-state index in [1.54, 1.807) is 12.1 Å². The maximum absolute atomic E-state index is 13.4. The van der Waals surface area contributed by atoms with Crippen LogP contribution in [-0.2, 0) is 4.79 Å². The molecule has 180 valence electrons. The highest BCUT2D eigenvalue weighted by atomic mass is 16.5. The number of H-pyrrole nitrogens is 1.